The molecule has 2 N–H and O–H groups in total. The van der Waals surface area contributed by atoms with E-state index in [9.17, 15) is 14.0 Å². The van der Waals surface area contributed by atoms with Gasteiger partial charge >= 0.3 is 6.01 Å². The van der Waals surface area contributed by atoms with Crippen molar-refractivity contribution in [3.8, 4) is 29.0 Å². The van der Waals surface area contributed by atoms with Crippen molar-refractivity contribution in [2.75, 3.05) is 36.9 Å². The molecule has 5 heterocycles. The normalized spacial score (nSPS) is 25.4. The van der Waals surface area contributed by atoms with Crippen LogP contribution in [0.1, 0.15) is 31.2 Å². The number of benzene rings is 2. The van der Waals surface area contributed by atoms with Crippen molar-refractivity contribution >= 4 is 54.7 Å². The molecular formula is C33H28ClF3N6O2S. The molecule has 4 aliphatic rings. The lowest BCUT2D eigenvalue weighted by Crippen LogP contribution is -2.43. The van der Waals surface area contributed by atoms with Crippen LogP contribution in [-0.2, 0) is 0 Å². The molecule has 2 unspecified atom stereocenters. The zero-order valence-corrected chi connectivity index (χ0v) is 26.2. The Balaban J connectivity index is 1.37. The Morgan fingerprint density at radius 3 is 2.85 bits per heavy atom. The number of ether oxygens (including phenoxy) is 2. The van der Waals surface area contributed by atoms with Crippen LogP contribution >= 0.6 is 22.9 Å². The second-order valence-electron chi connectivity index (χ2n) is 12.4. The lowest BCUT2D eigenvalue weighted by Gasteiger charge is -2.31. The molecule has 2 aromatic carbocycles. The number of nitrogens with two attached hydrogens (primary N) is 1. The summed E-state index contributed by atoms with van der Waals surface area (Å²) >= 11 is 7.88. The van der Waals surface area contributed by atoms with Gasteiger partial charge < -0.3 is 20.1 Å². The minimum Gasteiger partial charge on any atom is -0.489 e. The van der Waals surface area contributed by atoms with Gasteiger partial charge in [0, 0.05) is 23.9 Å². The number of fused-ring (bicyclic) bond motifs is 2. The number of nitrogen functional groups attached to an aromatic ring is 1. The lowest BCUT2D eigenvalue weighted by molar-refractivity contribution is 0.108. The van der Waals surface area contributed by atoms with Crippen molar-refractivity contribution in [3.63, 3.8) is 0 Å². The van der Waals surface area contributed by atoms with E-state index in [2.05, 4.69) is 23.0 Å². The summed E-state index contributed by atoms with van der Waals surface area (Å²) in [5, 5.41) is 10.2. The first-order chi connectivity index (χ1) is 22.2. The molecule has 0 spiro atoms. The van der Waals surface area contributed by atoms with Gasteiger partial charge in [-0.1, -0.05) is 35.9 Å². The summed E-state index contributed by atoms with van der Waals surface area (Å²) in [6, 6.07) is 3.43. The fourth-order valence-corrected chi connectivity index (χ4v) is 8.73. The third-order valence-corrected chi connectivity index (χ3v) is 11.0. The molecular weight excluding hydrogens is 637 g/mol. The van der Waals surface area contributed by atoms with Gasteiger partial charge in [0.15, 0.2) is 11.6 Å². The number of nitriles is 1. The van der Waals surface area contributed by atoms with Crippen LogP contribution in [-0.4, -0.2) is 65.0 Å². The summed E-state index contributed by atoms with van der Waals surface area (Å²) in [7, 11) is 0. The first kappa shape index (κ1) is 29.4. The number of thiophene rings is 1. The SMILES string of the molecule is C=C[C@H]1COc2c(Cl)c(-c3ccc(F)c4sc(N)c(C#N)c34)c(F)c3nc(OC[C@@]45CCCN4CC(=C)C5)nc(c23)N1C1CC1F. The van der Waals surface area contributed by atoms with Gasteiger partial charge in [0.25, 0.3) is 0 Å². The van der Waals surface area contributed by atoms with Crippen LogP contribution in [0, 0.1) is 23.0 Å². The maximum absolute atomic E-state index is 17.1. The van der Waals surface area contributed by atoms with Crippen LogP contribution in [0.2, 0.25) is 5.02 Å². The lowest BCUT2D eigenvalue weighted by atomic mass is 9.94. The average Bonchev–Trinajstić information content (AvgIpc) is 3.34. The summed E-state index contributed by atoms with van der Waals surface area (Å²) in [5.41, 5.74) is 6.84. The summed E-state index contributed by atoms with van der Waals surface area (Å²) in [5.74, 6) is -1.13. The van der Waals surface area contributed by atoms with Gasteiger partial charge in [-0.15, -0.1) is 17.9 Å². The van der Waals surface area contributed by atoms with Crippen LogP contribution in [0.15, 0.2) is 36.9 Å². The third-order valence-electron chi connectivity index (χ3n) is 9.66. The maximum atomic E-state index is 17.1. The molecule has 2 aromatic heterocycles. The van der Waals surface area contributed by atoms with Crippen molar-refractivity contribution in [2.45, 2.75) is 49.5 Å². The van der Waals surface area contributed by atoms with Crippen LogP contribution in [0.3, 0.4) is 0 Å². The molecule has 13 heteroatoms. The number of alkyl halides is 1. The van der Waals surface area contributed by atoms with E-state index in [0.29, 0.717) is 0 Å². The summed E-state index contributed by atoms with van der Waals surface area (Å²) < 4.78 is 59.4. The summed E-state index contributed by atoms with van der Waals surface area (Å²) in [6.07, 6.45) is 3.50. The largest absolute Gasteiger partial charge is 0.489 e. The summed E-state index contributed by atoms with van der Waals surface area (Å²) in [6.45, 7) is 10.1. The van der Waals surface area contributed by atoms with Gasteiger partial charge in [0.1, 0.15) is 47.6 Å². The minimum atomic E-state index is -1.12. The number of hydrogen-bond donors (Lipinski definition) is 1. The highest BCUT2D eigenvalue weighted by molar-refractivity contribution is 7.23. The Labute approximate surface area is 271 Å². The number of anilines is 2. The Bertz CT molecular complexity index is 2050. The molecule has 0 bridgehead atoms. The predicted octanol–water partition coefficient (Wildman–Crippen LogP) is 6.93. The Morgan fingerprint density at radius 1 is 1.30 bits per heavy atom. The van der Waals surface area contributed by atoms with E-state index in [-0.39, 0.29) is 90.5 Å². The second kappa shape index (κ2) is 10.5. The molecule has 1 saturated carbocycles. The zero-order chi connectivity index (χ0) is 32.1. The molecule has 3 fully saturated rings. The van der Waals surface area contributed by atoms with Crippen LogP contribution in [0.5, 0.6) is 11.8 Å². The van der Waals surface area contributed by atoms with E-state index in [4.69, 9.17) is 31.8 Å². The van der Waals surface area contributed by atoms with Crippen LogP contribution in [0.4, 0.5) is 24.0 Å². The number of rotatable bonds is 6. The molecule has 46 heavy (non-hydrogen) atoms. The summed E-state index contributed by atoms with van der Waals surface area (Å²) in [4.78, 5) is 13.4. The number of aromatic nitrogens is 2. The van der Waals surface area contributed by atoms with E-state index in [1.807, 2.05) is 6.07 Å². The van der Waals surface area contributed by atoms with Crippen LogP contribution < -0.4 is 20.1 Å². The fourth-order valence-electron chi connectivity index (χ4n) is 7.44. The van der Waals surface area contributed by atoms with Gasteiger partial charge in [-0.25, -0.2) is 13.2 Å². The average molecular weight is 665 g/mol. The van der Waals surface area contributed by atoms with Crippen molar-refractivity contribution in [1.82, 2.24) is 14.9 Å². The monoisotopic (exact) mass is 664 g/mol. The van der Waals surface area contributed by atoms with Gasteiger partial charge in [-0.3, -0.25) is 4.90 Å². The van der Waals surface area contributed by atoms with Gasteiger partial charge in [-0.05, 0) is 37.4 Å². The van der Waals surface area contributed by atoms with E-state index in [1.165, 1.54) is 12.1 Å². The molecule has 8 nitrogen and oxygen atoms in total. The Kier molecular flexibility index (Phi) is 6.69. The van der Waals surface area contributed by atoms with E-state index < -0.39 is 29.9 Å². The third kappa shape index (κ3) is 4.21. The first-order valence-corrected chi connectivity index (χ1v) is 16.2. The molecule has 1 aliphatic carbocycles. The smallest absolute Gasteiger partial charge is 0.319 e. The molecule has 2 saturated heterocycles. The highest BCUT2D eigenvalue weighted by Crippen LogP contribution is 2.52. The second-order valence-corrected chi connectivity index (χ2v) is 13.9. The minimum absolute atomic E-state index is 0.0170. The zero-order valence-electron chi connectivity index (χ0n) is 24.6. The fraction of sp³-hybridized carbons (Fsp3) is 0.364. The molecule has 0 radical (unpaired) electrons. The van der Waals surface area contributed by atoms with Gasteiger partial charge in [0.2, 0.25) is 0 Å². The van der Waals surface area contributed by atoms with Crippen molar-refractivity contribution in [2.24, 2.45) is 0 Å². The molecule has 4 aromatic rings. The van der Waals surface area contributed by atoms with E-state index >= 15 is 4.39 Å². The molecule has 8 rings (SSSR count). The first-order valence-electron chi connectivity index (χ1n) is 15.0. The number of halogens is 4. The quantitative estimate of drug-likeness (QED) is 0.222. The molecule has 3 aliphatic heterocycles. The topological polar surface area (TPSA) is 101 Å². The Hall–Kier alpha value is -4.05. The molecule has 0 amide bonds. The van der Waals surface area contributed by atoms with Crippen molar-refractivity contribution in [1.29, 1.82) is 5.26 Å². The number of hydrogen-bond acceptors (Lipinski definition) is 9. The molecule has 4 atom stereocenters. The van der Waals surface area contributed by atoms with Gasteiger partial charge in [-0.2, -0.15) is 15.2 Å². The van der Waals surface area contributed by atoms with Crippen LogP contribution in [0.25, 0.3) is 32.1 Å². The standard InChI is InChI=1S/C33H28ClF3N6O2S/c1-3-16-13-44-28-24-27(26(37)23(25(28)34)17-5-6-19(35)29-22(17)18(11-38)30(39)46-29)40-32(41-31(24)43(16)21-9-20(21)36)45-14-33-7-4-8-42(33)12-15(2)10-33/h3,5-6,16,20-21H,1-2,4,7-10,12-14,39H2/t16-,20?,21?,33-/m0/s1. The maximum Gasteiger partial charge on any atom is 0.319 e. The van der Waals surface area contributed by atoms with E-state index in [1.54, 1.807) is 11.0 Å². The highest BCUT2D eigenvalue weighted by atomic mass is 35.5. The van der Waals surface area contributed by atoms with E-state index in [0.717, 1.165) is 49.3 Å². The predicted molar refractivity (Wildman–Crippen MR) is 172 cm³/mol. The number of nitrogens with zero attached hydrogens (tertiary/aromatic N) is 5. The highest BCUT2D eigenvalue weighted by Gasteiger charge is 2.49. The van der Waals surface area contributed by atoms with Crippen molar-refractivity contribution in [3.05, 3.63) is 59.2 Å². The molecule has 236 valence electrons. The van der Waals surface area contributed by atoms with Gasteiger partial charge in [0.05, 0.1) is 38.3 Å². The Morgan fingerprint density at radius 2 is 2.11 bits per heavy atom. The van der Waals surface area contributed by atoms with Crippen molar-refractivity contribution < 1.29 is 22.6 Å².